The summed E-state index contributed by atoms with van der Waals surface area (Å²) in [5, 5.41) is 0. The van der Waals surface area contributed by atoms with E-state index in [-0.39, 0.29) is 11.9 Å². The molecule has 2 rings (SSSR count). The van der Waals surface area contributed by atoms with Crippen LogP contribution in [0.5, 0.6) is 0 Å². The van der Waals surface area contributed by atoms with Crippen molar-refractivity contribution in [2.24, 2.45) is 0 Å². The monoisotopic (exact) mass is 212 g/mol. The van der Waals surface area contributed by atoms with Crippen molar-refractivity contribution in [3.63, 3.8) is 0 Å². The first-order valence-electron chi connectivity index (χ1n) is 3.64. The third-order valence-corrected chi connectivity index (χ3v) is 4.97. The molecular formula is C6H9ClO4S. The van der Waals surface area contributed by atoms with Gasteiger partial charge in [0.15, 0.2) is 14.5 Å². The van der Waals surface area contributed by atoms with Crippen molar-refractivity contribution in [2.75, 3.05) is 12.4 Å². The van der Waals surface area contributed by atoms with E-state index < -0.39 is 20.3 Å². The molecule has 12 heavy (non-hydrogen) atoms. The summed E-state index contributed by atoms with van der Waals surface area (Å²) in [6, 6.07) is 0. The van der Waals surface area contributed by atoms with E-state index in [2.05, 4.69) is 0 Å². The lowest BCUT2D eigenvalue weighted by molar-refractivity contribution is -0.149. The lowest BCUT2D eigenvalue weighted by Crippen LogP contribution is -2.61. The molecular weight excluding hydrogens is 204 g/mol. The van der Waals surface area contributed by atoms with Crippen LogP contribution in [-0.4, -0.2) is 37.4 Å². The molecule has 2 saturated heterocycles. The number of hydrogen-bond acceptors (Lipinski definition) is 4. The average Bonchev–Trinajstić information content (AvgIpc) is 2.32. The summed E-state index contributed by atoms with van der Waals surface area (Å²) in [6.45, 7) is 2.24. The van der Waals surface area contributed by atoms with Crippen molar-refractivity contribution in [1.29, 1.82) is 0 Å². The lowest BCUT2D eigenvalue weighted by atomic mass is 10.3. The van der Waals surface area contributed by atoms with Crippen LogP contribution >= 0.6 is 11.6 Å². The molecule has 2 aliphatic rings. The zero-order valence-electron chi connectivity index (χ0n) is 6.49. The van der Waals surface area contributed by atoms with E-state index in [1.807, 2.05) is 6.92 Å². The average molecular weight is 213 g/mol. The van der Waals surface area contributed by atoms with Gasteiger partial charge < -0.3 is 9.47 Å². The summed E-state index contributed by atoms with van der Waals surface area (Å²) < 4.78 is 31.5. The number of alkyl halides is 1. The van der Waals surface area contributed by atoms with Gasteiger partial charge >= 0.3 is 0 Å². The van der Waals surface area contributed by atoms with Crippen molar-refractivity contribution >= 4 is 21.4 Å². The molecule has 1 spiro atoms. The van der Waals surface area contributed by atoms with Crippen molar-refractivity contribution in [3.8, 4) is 0 Å². The van der Waals surface area contributed by atoms with E-state index >= 15 is 0 Å². The molecule has 0 saturated carbocycles. The number of halogens is 1. The lowest BCUT2D eigenvalue weighted by Gasteiger charge is -2.39. The van der Waals surface area contributed by atoms with Crippen LogP contribution in [0, 0.1) is 0 Å². The van der Waals surface area contributed by atoms with E-state index in [1.165, 1.54) is 0 Å². The number of ether oxygens (including phenoxy) is 2. The van der Waals surface area contributed by atoms with Gasteiger partial charge in [-0.05, 0) is 6.92 Å². The third kappa shape index (κ3) is 1.00. The van der Waals surface area contributed by atoms with Gasteiger partial charge in [0, 0.05) is 0 Å². The minimum Gasteiger partial charge on any atom is -0.344 e. The van der Waals surface area contributed by atoms with Gasteiger partial charge in [-0.15, -0.1) is 0 Å². The topological polar surface area (TPSA) is 52.6 Å². The summed E-state index contributed by atoms with van der Waals surface area (Å²) in [7, 11) is -3.16. The minimum absolute atomic E-state index is 0.0678. The van der Waals surface area contributed by atoms with Crippen LogP contribution in [-0.2, 0) is 19.3 Å². The van der Waals surface area contributed by atoms with Crippen LogP contribution in [0.2, 0.25) is 0 Å². The van der Waals surface area contributed by atoms with Crippen LogP contribution in [0.15, 0.2) is 0 Å². The standard InChI is InChI=1S/C6H9ClO4S/c1-4-2-10-6(11-4)3-12(8,9)5(6)7/h4-5H,2-3H2,1H3/t4-,5-,6+/m1/s1. The second-order valence-electron chi connectivity index (χ2n) is 3.17. The largest absolute Gasteiger partial charge is 0.344 e. The molecule has 0 aromatic heterocycles. The maximum Gasteiger partial charge on any atom is 0.214 e. The SMILES string of the molecule is C[C@@H]1CO[C@@]2(CS(=O)(=O)[C@H]2Cl)O1. The van der Waals surface area contributed by atoms with Crippen LogP contribution in [0.1, 0.15) is 6.92 Å². The Morgan fingerprint density at radius 2 is 2.25 bits per heavy atom. The molecule has 0 N–H and O–H groups in total. The quantitative estimate of drug-likeness (QED) is 0.535. The second kappa shape index (κ2) is 2.35. The summed E-state index contributed by atoms with van der Waals surface area (Å²) in [6.07, 6.45) is -0.0678. The van der Waals surface area contributed by atoms with Crippen molar-refractivity contribution in [3.05, 3.63) is 0 Å². The van der Waals surface area contributed by atoms with Gasteiger partial charge in [-0.25, -0.2) is 8.42 Å². The predicted molar refractivity (Wildman–Crippen MR) is 42.7 cm³/mol. The van der Waals surface area contributed by atoms with Gasteiger partial charge in [0.05, 0.1) is 12.7 Å². The highest BCUT2D eigenvalue weighted by Crippen LogP contribution is 2.43. The smallest absolute Gasteiger partial charge is 0.214 e. The molecule has 0 aromatic rings. The van der Waals surface area contributed by atoms with Crippen LogP contribution < -0.4 is 0 Å². The van der Waals surface area contributed by atoms with Crippen molar-refractivity contribution < 1.29 is 17.9 Å². The fraction of sp³-hybridized carbons (Fsp3) is 1.00. The third-order valence-electron chi connectivity index (χ3n) is 2.03. The van der Waals surface area contributed by atoms with Gasteiger partial charge in [-0.2, -0.15) is 0 Å². The Hall–Kier alpha value is 0.160. The van der Waals surface area contributed by atoms with Gasteiger partial charge in [0.1, 0.15) is 5.75 Å². The fourth-order valence-corrected chi connectivity index (χ4v) is 3.41. The van der Waals surface area contributed by atoms with E-state index in [1.54, 1.807) is 0 Å². The fourth-order valence-electron chi connectivity index (χ4n) is 1.45. The summed E-state index contributed by atoms with van der Waals surface area (Å²) >= 11 is 5.63. The molecule has 0 aliphatic carbocycles. The van der Waals surface area contributed by atoms with E-state index in [0.29, 0.717) is 6.61 Å². The van der Waals surface area contributed by atoms with Gasteiger partial charge in [0.25, 0.3) is 0 Å². The molecule has 0 aromatic carbocycles. The highest BCUT2D eigenvalue weighted by Gasteiger charge is 2.63. The highest BCUT2D eigenvalue weighted by atomic mass is 35.5. The molecule has 0 amide bonds. The maximum atomic E-state index is 11.0. The van der Waals surface area contributed by atoms with Gasteiger partial charge in [-0.1, -0.05) is 11.6 Å². The van der Waals surface area contributed by atoms with Gasteiger partial charge in [0.2, 0.25) is 5.79 Å². The molecule has 2 aliphatic heterocycles. The minimum atomic E-state index is -3.16. The van der Waals surface area contributed by atoms with Gasteiger partial charge in [-0.3, -0.25) is 0 Å². The Labute approximate surface area is 75.7 Å². The van der Waals surface area contributed by atoms with Crippen molar-refractivity contribution in [2.45, 2.75) is 23.5 Å². The Morgan fingerprint density at radius 3 is 2.58 bits per heavy atom. The van der Waals surface area contributed by atoms with Crippen LogP contribution in [0.4, 0.5) is 0 Å². The van der Waals surface area contributed by atoms with Crippen LogP contribution in [0.3, 0.4) is 0 Å². The Bertz CT molecular complexity index is 301. The maximum absolute atomic E-state index is 11.0. The summed E-state index contributed by atoms with van der Waals surface area (Å²) in [5.74, 6) is -1.15. The zero-order chi connectivity index (χ0) is 8.98. The predicted octanol–water partition coefficient (Wildman–Crippen LogP) is 0.111. The molecule has 0 bridgehead atoms. The highest BCUT2D eigenvalue weighted by molar-refractivity contribution is 7.95. The number of sulfone groups is 1. The molecule has 3 atom stereocenters. The van der Waals surface area contributed by atoms with E-state index in [4.69, 9.17) is 21.1 Å². The van der Waals surface area contributed by atoms with Crippen molar-refractivity contribution in [1.82, 2.24) is 0 Å². The van der Waals surface area contributed by atoms with E-state index in [9.17, 15) is 8.42 Å². The molecule has 0 radical (unpaired) electrons. The molecule has 70 valence electrons. The number of hydrogen-bond donors (Lipinski definition) is 0. The van der Waals surface area contributed by atoms with E-state index in [0.717, 1.165) is 0 Å². The first-order valence-corrected chi connectivity index (χ1v) is 5.79. The zero-order valence-corrected chi connectivity index (χ0v) is 8.06. The number of rotatable bonds is 0. The summed E-state index contributed by atoms with van der Waals surface area (Å²) in [4.78, 5) is 0. The first kappa shape index (κ1) is 8.74. The molecule has 2 heterocycles. The summed E-state index contributed by atoms with van der Waals surface area (Å²) in [5.41, 5.74) is 0. The Morgan fingerprint density at radius 1 is 1.58 bits per heavy atom. The Kier molecular flexibility index (Phi) is 1.71. The molecule has 6 heteroatoms. The molecule has 4 nitrogen and oxygen atoms in total. The second-order valence-corrected chi connectivity index (χ2v) is 5.96. The van der Waals surface area contributed by atoms with Crippen LogP contribution in [0.25, 0.3) is 0 Å². The molecule has 2 fully saturated rings. The first-order chi connectivity index (χ1) is 5.46. The molecule has 0 unspecified atom stereocenters. The normalized spacial score (nSPS) is 50.8. The Balaban J connectivity index is 2.19.